The van der Waals surface area contributed by atoms with E-state index in [1.54, 1.807) is 17.0 Å². The molecule has 3 nitrogen and oxygen atoms in total. The van der Waals surface area contributed by atoms with Crippen molar-refractivity contribution in [3.63, 3.8) is 0 Å². The summed E-state index contributed by atoms with van der Waals surface area (Å²) >= 11 is 0. The van der Waals surface area contributed by atoms with Crippen molar-refractivity contribution >= 4 is 0 Å². The fraction of sp³-hybridized carbons (Fsp3) is 0.538. The lowest BCUT2D eigenvalue weighted by atomic mass is 10.3. The number of hydrogen-bond acceptors (Lipinski definition) is 1. The van der Waals surface area contributed by atoms with Gasteiger partial charge >= 0.3 is 0 Å². The Morgan fingerprint density at radius 3 is 2.37 bits per heavy atom. The standard InChI is InChI=1S/C13H19FN2O.2ClH/c14-12-2-4-13(5-3-12)17-11-1-8-16-9-6-15-7-10-16;;/h2-5,15H,1,6-11H2;2*1H. The maximum Gasteiger partial charge on any atom is 0.127 e. The molecule has 2 rings (SSSR count). The largest absolute Gasteiger partial charge is 1.00 e. The smallest absolute Gasteiger partial charge is 0.127 e. The third-order valence-corrected chi connectivity index (χ3v) is 3.16. The van der Waals surface area contributed by atoms with Crippen molar-refractivity contribution in [3.05, 3.63) is 30.1 Å². The van der Waals surface area contributed by atoms with Crippen LogP contribution in [0.2, 0.25) is 0 Å². The average molecular weight is 311 g/mol. The van der Waals surface area contributed by atoms with Gasteiger partial charge in [0.2, 0.25) is 0 Å². The predicted octanol–water partition coefficient (Wildman–Crippen LogP) is -6.94. The van der Waals surface area contributed by atoms with E-state index in [4.69, 9.17) is 4.74 Å². The van der Waals surface area contributed by atoms with Gasteiger partial charge in [0.05, 0.1) is 13.2 Å². The topological polar surface area (TPSA) is 30.3 Å². The minimum atomic E-state index is -0.216. The van der Waals surface area contributed by atoms with Crippen LogP contribution in [0.5, 0.6) is 5.75 Å². The van der Waals surface area contributed by atoms with E-state index in [9.17, 15) is 4.39 Å². The van der Waals surface area contributed by atoms with Crippen LogP contribution in [-0.4, -0.2) is 39.3 Å². The number of nitrogens with two attached hydrogens (primary N) is 1. The molecule has 19 heavy (non-hydrogen) atoms. The van der Waals surface area contributed by atoms with Gasteiger partial charge in [0.1, 0.15) is 37.7 Å². The van der Waals surface area contributed by atoms with Crippen LogP contribution in [0.15, 0.2) is 24.3 Å². The Morgan fingerprint density at radius 1 is 1.11 bits per heavy atom. The molecule has 3 N–H and O–H groups in total. The maximum atomic E-state index is 12.7. The molecular formula is C13H21Cl2FN2O. The molecule has 0 saturated carbocycles. The molecule has 1 aromatic carbocycles. The summed E-state index contributed by atoms with van der Waals surface area (Å²) in [4.78, 5) is 1.68. The fourth-order valence-corrected chi connectivity index (χ4v) is 2.17. The maximum absolute atomic E-state index is 12.7. The first-order valence-corrected chi connectivity index (χ1v) is 6.38. The molecule has 1 aliphatic rings. The molecule has 0 amide bonds. The van der Waals surface area contributed by atoms with E-state index < -0.39 is 0 Å². The molecular weight excluding hydrogens is 290 g/mol. The number of benzene rings is 1. The van der Waals surface area contributed by atoms with E-state index in [1.165, 1.54) is 44.9 Å². The van der Waals surface area contributed by atoms with Crippen LogP contribution in [0.3, 0.4) is 0 Å². The van der Waals surface area contributed by atoms with Crippen LogP contribution in [0, 0.1) is 5.82 Å². The molecule has 1 aliphatic heterocycles. The first-order valence-electron chi connectivity index (χ1n) is 6.38. The quantitative estimate of drug-likeness (QED) is 0.520. The first kappa shape index (κ1) is 18.4. The van der Waals surface area contributed by atoms with Crippen molar-refractivity contribution in [2.75, 3.05) is 39.3 Å². The van der Waals surface area contributed by atoms with Gasteiger partial charge in [-0.15, -0.1) is 0 Å². The Morgan fingerprint density at radius 2 is 1.74 bits per heavy atom. The van der Waals surface area contributed by atoms with Gasteiger partial charge in [-0.3, -0.25) is 0 Å². The SMILES string of the molecule is Fc1ccc(OCCC[NH+]2CC[NH2+]CC2)cc1.[Cl-].[Cl-]. The number of halogens is 3. The van der Waals surface area contributed by atoms with Crippen molar-refractivity contribution in [2.24, 2.45) is 0 Å². The zero-order chi connectivity index (χ0) is 11.9. The number of piperazine rings is 1. The predicted molar refractivity (Wildman–Crippen MR) is 63.7 cm³/mol. The zero-order valence-electron chi connectivity index (χ0n) is 10.9. The fourth-order valence-electron chi connectivity index (χ4n) is 2.17. The van der Waals surface area contributed by atoms with Crippen LogP contribution in [0.4, 0.5) is 4.39 Å². The molecule has 110 valence electrons. The Balaban J connectivity index is 0.00000162. The Kier molecular flexibility index (Phi) is 9.97. The normalized spacial score (nSPS) is 15.2. The van der Waals surface area contributed by atoms with Crippen molar-refractivity contribution < 1.29 is 44.2 Å². The summed E-state index contributed by atoms with van der Waals surface area (Å²) in [7, 11) is 0. The molecule has 0 bridgehead atoms. The van der Waals surface area contributed by atoms with Gasteiger partial charge in [0.25, 0.3) is 0 Å². The van der Waals surface area contributed by atoms with Crippen LogP contribution in [0.1, 0.15) is 6.42 Å². The van der Waals surface area contributed by atoms with Crippen molar-refractivity contribution in [1.82, 2.24) is 0 Å². The summed E-state index contributed by atoms with van der Waals surface area (Å²) in [5.74, 6) is 0.541. The number of nitrogens with one attached hydrogen (secondary N) is 1. The minimum Gasteiger partial charge on any atom is -1.00 e. The van der Waals surface area contributed by atoms with Crippen molar-refractivity contribution in [2.45, 2.75) is 6.42 Å². The van der Waals surface area contributed by atoms with Crippen molar-refractivity contribution in [1.29, 1.82) is 0 Å². The highest BCUT2D eigenvalue weighted by molar-refractivity contribution is 5.21. The molecule has 0 aromatic heterocycles. The van der Waals surface area contributed by atoms with Crippen LogP contribution in [0.25, 0.3) is 0 Å². The van der Waals surface area contributed by atoms with Crippen LogP contribution < -0.4 is 39.8 Å². The van der Waals surface area contributed by atoms with E-state index >= 15 is 0 Å². The average Bonchev–Trinajstić information content (AvgIpc) is 2.38. The monoisotopic (exact) mass is 310 g/mol. The molecule has 0 aliphatic carbocycles. The summed E-state index contributed by atoms with van der Waals surface area (Å²) < 4.78 is 18.2. The Bertz CT molecular complexity index is 332. The second-order valence-electron chi connectivity index (χ2n) is 4.52. The number of hydrogen-bond donors (Lipinski definition) is 2. The van der Waals surface area contributed by atoms with Gasteiger partial charge in [0.15, 0.2) is 0 Å². The molecule has 1 aromatic rings. The van der Waals surface area contributed by atoms with Gasteiger partial charge in [-0.25, -0.2) is 4.39 Å². The molecule has 1 saturated heterocycles. The summed E-state index contributed by atoms with van der Waals surface area (Å²) in [6.07, 6.45) is 1.06. The van der Waals surface area contributed by atoms with Gasteiger partial charge in [-0.2, -0.15) is 0 Å². The lowest BCUT2D eigenvalue weighted by Crippen LogP contribution is -3.20. The van der Waals surface area contributed by atoms with Gasteiger partial charge in [-0.05, 0) is 24.3 Å². The highest BCUT2D eigenvalue weighted by atomic mass is 35.5. The molecule has 1 fully saturated rings. The minimum absolute atomic E-state index is 0. The summed E-state index contributed by atoms with van der Waals surface area (Å²) in [6, 6.07) is 6.22. The number of rotatable bonds is 5. The molecule has 0 atom stereocenters. The third kappa shape index (κ3) is 6.97. The van der Waals surface area contributed by atoms with E-state index in [1.807, 2.05) is 0 Å². The lowest BCUT2D eigenvalue weighted by Gasteiger charge is -2.22. The molecule has 6 heteroatoms. The lowest BCUT2D eigenvalue weighted by molar-refractivity contribution is -0.946. The first-order chi connectivity index (χ1) is 8.34. The molecule has 0 spiro atoms. The van der Waals surface area contributed by atoms with E-state index in [2.05, 4.69) is 5.32 Å². The number of ether oxygens (including phenoxy) is 1. The highest BCUT2D eigenvalue weighted by Gasteiger charge is 2.14. The molecule has 1 heterocycles. The third-order valence-electron chi connectivity index (χ3n) is 3.16. The molecule has 0 unspecified atom stereocenters. The van der Waals surface area contributed by atoms with E-state index in [0.717, 1.165) is 18.8 Å². The molecule has 0 radical (unpaired) electrons. The van der Waals surface area contributed by atoms with Crippen molar-refractivity contribution in [3.8, 4) is 5.75 Å². The van der Waals surface area contributed by atoms with Gasteiger partial charge in [-0.1, -0.05) is 0 Å². The van der Waals surface area contributed by atoms with E-state index in [-0.39, 0.29) is 30.6 Å². The van der Waals surface area contributed by atoms with Gasteiger partial charge in [0, 0.05) is 6.42 Å². The number of quaternary nitrogens is 2. The Labute approximate surface area is 126 Å². The summed E-state index contributed by atoms with van der Waals surface area (Å²) in [6.45, 7) is 6.91. The van der Waals surface area contributed by atoms with Gasteiger partial charge < -0.3 is 39.8 Å². The highest BCUT2D eigenvalue weighted by Crippen LogP contribution is 2.10. The Hall–Kier alpha value is -0.550. The second-order valence-corrected chi connectivity index (χ2v) is 4.52. The van der Waals surface area contributed by atoms with Crippen LogP contribution in [-0.2, 0) is 0 Å². The van der Waals surface area contributed by atoms with Crippen LogP contribution >= 0.6 is 0 Å². The zero-order valence-corrected chi connectivity index (χ0v) is 12.4. The summed E-state index contributed by atoms with van der Waals surface area (Å²) in [5, 5.41) is 2.37. The van der Waals surface area contributed by atoms with E-state index in [0.29, 0.717) is 0 Å². The second kappa shape index (κ2) is 10.3. The summed E-state index contributed by atoms with van der Waals surface area (Å²) in [5.41, 5.74) is 0.